The summed E-state index contributed by atoms with van der Waals surface area (Å²) >= 11 is 1.74. The van der Waals surface area contributed by atoms with Crippen molar-refractivity contribution in [3.63, 3.8) is 0 Å². The van der Waals surface area contributed by atoms with Crippen LogP contribution in [-0.2, 0) is 11.2 Å². The molecular formula is C32H49N5O2S. The highest BCUT2D eigenvalue weighted by molar-refractivity contribution is 7.09. The zero-order valence-electron chi connectivity index (χ0n) is 25.3. The predicted molar refractivity (Wildman–Crippen MR) is 167 cm³/mol. The van der Waals surface area contributed by atoms with E-state index in [1.807, 2.05) is 18.2 Å². The zero-order valence-corrected chi connectivity index (χ0v) is 26.2. The van der Waals surface area contributed by atoms with E-state index in [0.717, 1.165) is 68.6 Å². The molecule has 0 aliphatic carbocycles. The molecule has 0 unspecified atom stereocenters. The molecule has 0 spiro atoms. The van der Waals surface area contributed by atoms with Gasteiger partial charge in [-0.25, -0.2) is 4.98 Å². The molecule has 2 aromatic heterocycles. The molecule has 3 aromatic rings. The van der Waals surface area contributed by atoms with Crippen LogP contribution in [0.5, 0.6) is 0 Å². The topological polar surface area (TPSA) is 79.3 Å². The molecule has 8 heteroatoms. The number of thiophene rings is 1. The van der Waals surface area contributed by atoms with E-state index in [1.165, 1.54) is 4.88 Å². The smallest absolute Gasteiger partial charge is 0.252 e. The first kappa shape index (κ1) is 31.8. The standard InChI is InChI=1S/C32H49N5O2S/c1-7-25(8-2)37-29-16-15-24(21-27(29)34-30(37)22-26-14-13-19-40-26)31(38)35-28(20-23(5)6)32(39)33-17-11-12-18-36(9-3)10-4/h13-16,19,21,23,25,28H,7-12,17-18,20,22H2,1-6H3,(H,33,39)(H,35,38)/t28-/m0/s1. The molecule has 2 N–H and O–H groups in total. The molecule has 0 fully saturated rings. The Morgan fingerprint density at radius 2 is 1.80 bits per heavy atom. The number of amides is 2. The maximum absolute atomic E-state index is 13.4. The second kappa shape index (κ2) is 15.9. The number of unbranched alkanes of at least 4 members (excludes halogenated alkanes) is 1. The van der Waals surface area contributed by atoms with Gasteiger partial charge in [-0.1, -0.05) is 47.6 Å². The van der Waals surface area contributed by atoms with Gasteiger partial charge in [0.1, 0.15) is 11.9 Å². The molecule has 2 heterocycles. The zero-order chi connectivity index (χ0) is 29.1. The van der Waals surface area contributed by atoms with E-state index >= 15 is 0 Å². The van der Waals surface area contributed by atoms with Crippen LogP contribution in [0, 0.1) is 5.92 Å². The van der Waals surface area contributed by atoms with Crippen LogP contribution in [0.1, 0.15) is 101 Å². The second-order valence-electron chi connectivity index (χ2n) is 11.0. The SMILES string of the molecule is CCC(CC)n1c(Cc2cccs2)nc2cc(C(=O)N[C@@H](CC(C)C)C(=O)NCCCCN(CC)CC)ccc21. The average Bonchev–Trinajstić information content (AvgIpc) is 3.58. The second-order valence-corrected chi connectivity index (χ2v) is 12.0. The summed E-state index contributed by atoms with van der Waals surface area (Å²) in [5.41, 5.74) is 2.41. The molecule has 0 radical (unpaired) electrons. The third-order valence-electron chi connectivity index (χ3n) is 7.67. The first-order valence-electron chi connectivity index (χ1n) is 15.1. The minimum absolute atomic E-state index is 0.109. The molecule has 7 nitrogen and oxygen atoms in total. The summed E-state index contributed by atoms with van der Waals surface area (Å²) < 4.78 is 2.35. The number of aromatic nitrogens is 2. The van der Waals surface area contributed by atoms with Gasteiger partial charge in [-0.3, -0.25) is 9.59 Å². The Kier molecular flexibility index (Phi) is 12.7. The Balaban J connectivity index is 1.73. The van der Waals surface area contributed by atoms with Crippen LogP contribution in [0.4, 0.5) is 0 Å². The van der Waals surface area contributed by atoms with Gasteiger partial charge >= 0.3 is 0 Å². The van der Waals surface area contributed by atoms with Gasteiger partial charge in [-0.15, -0.1) is 11.3 Å². The Hall–Kier alpha value is -2.71. The van der Waals surface area contributed by atoms with Crippen molar-refractivity contribution in [2.45, 2.75) is 92.2 Å². The van der Waals surface area contributed by atoms with E-state index < -0.39 is 6.04 Å². The molecule has 0 aliphatic rings. The van der Waals surface area contributed by atoms with Crippen LogP contribution in [0.15, 0.2) is 35.7 Å². The number of rotatable bonds is 17. The van der Waals surface area contributed by atoms with Crippen molar-refractivity contribution in [2.24, 2.45) is 5.92 Å². The Morgan fingerprint density at radius 1 is 1.05 bits per heavy atom. The number of hydrogen-bond donors (Lipinski definition) is 2. The fourth-order valence-corrected chi connectivity index (χ4v) is 6.03. The Morgan fingerprint density at radius 3 is 2.42 bits per heavy atom. The van der Waals surface area contributed by atoms with Crippen LogP contribution in [0.3, 0.4) is 0 Å². The van der Waals surface area contributed by atoms with Crippen LogP contribution in [0.25, 0.3) is 11.0 Å². The van der Waals surface area contributed by atoms with E-state index in [0.29, 0.717) is 24.6 Å². The molecule has 0 aliphatic heterocycles. The number of benzene rings is 1. The van der Waals surface area contributed by atoms with Gasteiger partial charge < -0.3 is 20.1 Å². The lowest BCUT2D eigenvalue weighted by molar-refractivity contribution is -0.123. The molecule has 0 saturated heterocycles. The van der Waals surface area contributed by atoms with Crippen molar-refractivity contribution < 1.29 is 9.59 Å². The molecule has 40 heavy (non-hydrogen) atoms. The summed E-state index contributed by atoms with van der Waals surface area (Å²) in [5, 5.41) is 8.17. The molecule has 220 valence electrons. The maximum atomic E-state index is 13.4. The Labute approximate surface area is 244 Å². The molecule has 3 rings (SSSR count). The van der Waals surface area contributed by atoms with Crippen LogP contribution in [-0.4, -0.2) is 58.5 Å². The fraction of sp³-hybridized carbons (Fsp3) is 0.594. The largest absolute Gasteiger partial charge is 0.354 e. The summed E-state index contributed by atoms with van der Waals surface area (Å²) in [6, 6.07) is 9.76. The molecule has 1 atom stereocenters. The minimum Gasteiger partial charge on any atom is -0.354 e. The van der Waals surface area contributed by atoms with E-state index in [1.54, 1.807) is 11.3 Å². The lowest BCUT2D eigenvalue weighted by atomic mass is 10.0. The average molecular weight is 568 g/mol. The monoisotopic (exact) mass is 567 g/mol. The summed E-state index contributed by atoms with van der Waals surface area (Å²) in [5.74, 6) is 0.960. The fourth-order valence-electron chi connectivity index (χ4n) is 5.32. The van der Waals surface area contributed by atoms with Crippen molar-refractivity contribution in [2.75, 3.05) is 26.2 Å². The van der Waals surface area contributed by atoms with E-state index in [-0.39, 0.29) is 17.7 Å². The number of imidazole rings is 1. The number of nitrogens with zero attached hydrogens (tertiary/aromatic N) is 3. The van der Waals surface area contributed by atoms with Crippen molar-refractivity contribution in [3.8, 4) is 0 Å². The van der Waals surface area contributed by atoms with Crippen LogP contribution in [0.2, 0.25) is 0 Å². The minimum atomic E-state index is -0.567. The molecular weight excluding hydrogens is 518 g/mol. The Bertz CT molecular complexity index is 1200. The molecule has 0 bridgehead atoms. The maximum Gasteiger partial charge on any atom is 0.252 e. The lowest BCUT2D eigenvalue weighted by Crippen LogP contribution is -2.47. The lowest BCUT2D eigenvalue weighted by Gasteiger charge is -2.21. The number of hydrogen-bond acceptors (Lipinski definition) is 5. The van der Waals surface area contributed by atoms with E-state index in [9.17, 15) is 9.59 Å². The van der Waals surface area contributed by atoms with Crippen molar-refractivity contribution in [1.29, 1.82) is 0 Å². The summed E-state index contributed by atoms with van der Waals surface area (Å²) in [7, 11) is 0. The number of fused-ring (bicyclic) bond motifs is 1. The van der Waals surface area contributed by atoms with E-state index in [4.69, 9.17) is 4.98 Å². The molecule has 1 aromatic carbocycles. The number of nitrogens with one attached hydrogen (secondary N) is 2. The summed E-state index contributed by atoms with van der Waals surface area (Å²) in [4.78, 5) is 35.1. The number of carbonyl (C=O) groups is 2. The van der Waals surface area contributed by atoms with Crippen molar-refractivity contribution in [1.82, 2.24) is 25.1 Å². The van der Waals surface area contributed by atoms with E-state index in [2.05, 4.69) is 79.2 Å². The normalized spacial score (nSPS) is 12.5. The first-order chi connectivity index (χ1) is 19.3. The summed E-state index contributed by atoms with van der Waals surface area (Å²) in [6.07, 6.45) is 5.37. The number of carbonyl (C=O) groups excluding carboxylic acids is 2. The molecule has 0 saturated carbocycles. The first-order valence-corrected chi connectivity index (χ1v) is 16.0. The molecule has 2 amide bonds. The van der Waals surface area contributed by atoms with Gasteiger partial charge in [-0.2, -0.15) is 0 Å². The highest BCUT2D eigenvalue weighted by Gasteiger charge is 2.24. The summed E-state index contributed by atoms with van der Waals surface area (Å²) in [6.45, 7) is 16.7. The van der Waals surface area contributed by atoms with Gasteiger partial charge in [0.15, 0.2) is 0 Å². The third kappa shape index (κ3) is 8.64. The van der Waals surface area contributed by atoms with Crippen LogP contribution < -0.4 is 10.6 Å². The van der Waals surface area contributed by atoms with Gasteiger partial charge in [-0.05, 0) is 87.3 Å². The van der Waals surface area contributed by atoms with Crippen molar-refractivity contribution in [3.05, 3.63) is 52.0 Å². The highest BCUT2D eigenvalue weighted by atomic mass is 32.1. The van der Waals surface area contributed by atoms with Gasteiger partial charge in [0.2, 0.25) is 5.91 Å². The highest BCUT2D eigenvalue weighted by Crippen LogP contribution is 2.28. The van der Waals surface area contributed by atoms with Gasteiger partial charge in [0, 0.05) is 29.4 Å². The van der Waals surface area contributed by atoms with Crippen LogP contribution >= 0.6 is 11.3 Å². The predicted octanol–water partition coefficient (Wildman–Crippen LogP) is 6.43. The van der Waals surface area contributed by atoms with Crippen molar-refractivity contribution >= 4 is 34.2 Å². The third-order valence-corrected chi connectivity index (χ3v) is 8.54. The quantitative estimate of drug-likeness (QED) is 0.184. The van der Waals surface area contributed by atoms with Gasteiger partial charge in [0.25, 0.3) is 5.91 Å². The van der Waals surface area contributed by atoms with Gasteiger partial charge in [0.05, 0.1) is 11.0 Å².